The zero-order valence-corrected chi connectivity index (χ0v) is 19.7. The van der Waals surface area contributed by atoms with Gasteiger partial charge in [-0.1, -0.05) is 36.4 Å². The molecule has 0 saturated heterocycles. The normalized spacial score (nSPS) is 10.3. The monoisotopic (exact) mass is 610 g/mol. The summed E-state index contributed by atoms with van der Waals surface area (Å²) in [6.07, 6.45) is 3.46. The molecule has 0 radical (unpaired) electrons. The van der Waals surface area contributed by atoms with Crippen LogP contribution in [-0.2, 0) is 21.1 Å². The first-order chi connectivity index (χ1) is 15.8. The van der Waals surface area contributed by atoms with Crippen LogP contribution in [0.15, 0.2) is 109 Å². The summed E-state index contributed by atoms with van der Waals surface area (Å²) in [4.78, 5) is 15.7. The molecule has 164 valence electrons. The molecule has 2 heterocycles. The van der Waals surface area contributed by atoms with Gasteiger partial charge in [-0.15, -0.1) is 29.8 Å². The molecular formula is C27H19N4OPt-. The number of phenols is 1. The second-order valence-corrected chi connectivity index (χ2v) is 7.09. The zero-order valence-electron chi connectivity index (χ0n) is 17.4. The van der Waals surface area contributed by atoms with Gasteiger partial charge in [-0.2, -0.15) is 0 Å². The second kappa shape index (κ2) is 10.2. The SMILES string of the molecule is Oc1ccccc1-c1ccnc(-c2[c-]c(N(c3ccccc3)c3ccccn3)ccc2)n1.[Pt]. The van der Waals surface area contributed by atoms with Crippen molar-refractivity contribution in [3.05, 3.63) is 116 Å². The molecule has 1 N–H and O–H groups in total. The van der Waals surface area contributed by atoms with Crippen molar-refractivity contribution in [2.75, 3.05) is 4.90 Å². The third kappa shape index (κ3) is 4.84. The number of nitrogens with zero attached hydrogens (tertiary/aromatic N) is 4. The van der Waals surface area contributed by atoms with Gasteiger partial charge in [0.15, 0.2) is 0 Å². The molecular weight excluding hydrogens is 591 g/mol. The van der Waals surface area contributed by atoms with E-state index in [1.54, 1.807) is 30.6 Å². The van der Waals surface area contributed by atoms with Crippen LogP contribution in [0.1, 0.15) is 0 Å². The number of aromatic hydroxyl groups is 1. The van der Waals surface area contributed by atoms with E-state index in [1.807, 2.05) is 83.8 Å². The van der Waals surface area contributed by atoms with Gasteiger partial charge in [-0.05, 0) is 48.2 Å². The molecule has 33 heavy (non-hydrogen) atoms. The number of hydrogen-bond acceptors (Lipinski definition) is 5. The fourth-order valence-corrected chi connectivity index (χ4v) is 3.50. The van der Waals surface area contributed by atoms with Crippen molar-refractivity contribution in [2.45, 2.75) is 0 Å². The van der Waals surface area contributed by atoms with Gasteiger partial charge in [0.2, 0.25) is 0 Å². The first kappa shape index (κ1) is 22.4. The molecule has 5 rings (SSSR count). The molecule has 0 aliphatic heterocycles. The Morgan fingerprint density at radius 1 is 0.697 bits per heavy atom. The standard InChI is InChI=1S/C27H19N4O.Pt/c32-25-14-5-4-13-23(25)24-16-18-29-27(30-24)20-9-8-12-22(19-20)31(21-10-2-1-3-11-21)26-15-6-7-17-28-26;/h1-18,32H;/q-1;. The molecule has 0 spiro atoms. The van der Waals surface area contributed by atoms with Crippen LogP contribution in [0.5, 0.6) is 5.75 Å². The molecule has 5 nitrogen and oxygen atoms in total. The van der Waals surface area contributed by atoms with Crippen LogP contribution in [0, 0.1) is 6.07 Å². The summed E-state index contributed by atoms with van der Waals surface area (Å²) in [6, 6.07) is 34.1. The van der Waals surface area contributed by atoms with Crippen LogP contribution < -0.4 is 4.90 Å². The smallest absolute Gasteiger partial charge is 0.136 e. The van der Waals surface area contributed by atoms with E-state index in [-0.39, 0.29) is 26.8 Å². The van der Waals surface area contributed by atoms with Crippen molar-refractivity contribution in [1.29, 1.82) is 0 Å². The van der Waals surface area contributed by atoms with E-state index < -0.39 is 0 Å². The van der Waals surface area contributed by atoms with E-state index in [1.165, 1.54) is 0 Å². The quantitative estimate of drug-likeness (QED) is 0.241. The Balaban J connectivity index is 0.00000259. The van der Waals surface area contributed by atoms with Crippen LogP contribution in [0.3, 0.4) is 0 Å². The maximum Gasteiger partial charge on any atom is 0.136 e. The minimum Gasteiger partial charge on any atom is -0.507 e. The maximum atomic E-state index is 10.2. The van der Waals surface area contributed by atoms with Crippen LogP contribution in [0.25, 0.3) is 22.6 Å². The van der Waals surface area contributed by atoms with Crippen molar-refractivity contribution in [2.24, 2.45) is 0 Å². The van der Waals surface area contributed by atoms with Crippen LogP contribution in [0.2, 0.25) is 0 Å². The molecule has 6 heteroatoms. The molecule has 0 aliphatic carbocycles. The van der Waals surface area contributed by atoms with Gasteiger partial charge < -0.3 is 10.0 Å². The fraction of sp³-hybridized carbons (Fsp3) is 0. The number of pyridine rings is 1. The van der Waals surface area contributed by atoms with Gasteiger partial charge in [0.1, 0.15) is 11.6 Å². The van der Waals surface area contributed by atoms with Crippen molar-refractivity contribution in [3.8, 4) is 28.4 Å². The van der Waals surface area contributed by atoms with E-state index in [2.05, 4.69) is 21.0 Å². The molecule has 0 bridgehead atoms. The number of hydrogen-bond donors (Lipinski definition) is 1. The van der Waals surface area contributed by atoms with Crippen LogP contribution in [-0.4, -0.2) is 20.1 Å². The predicted molar refractivity (Wildman–Crippen MR) is 126 cm³/mol. The first-order valence-corrected chi connectivity index (χ1v) is 10.2. The van der Waals surface area contributed by atoms with E-state index >= 15 is 0 Å². The average Bonchev–Trinajstić information content (AvgIpc) is 2.86. The minimum absolute atomic E-state index is 0. The molecule has 2 aromatic heterocycles. The third-order valence-electron chi connectivity index (χ3n) is 4.99. The van der Waals surface area contributed by atoms with Gasteiger partial charge in [-0.25, -0.2) is 4.98 Å². The maximum absolute atomic E-state index is 10.2. The summed E-state index contributed by atoms with van der Waals surface area (Å²) in [5, 5.41) is 10.2. The number of aromatic nitrogens is 3. The summed E-state index contributed by atoms with van der Waals surface area (Å²) in [7, 11) is 0. The molecule has 5 aromatic rings. The molecule has 3 aromatic carbocycles. The van der Waals surface area contributed by atoms with Crippen molar-refractivity contribution >= 4 is 17.2 Å². The van der Waals surface area contributed by atoms with Crippen molar-refractivity contribution < 1.29 is 26.2 Å². The molecule has 0 amide bonds. The fourth-order valence-electron chi connectivity index (χ4n) is 3.50. The first-order valence-electron chi connectivity index (χ1n) is 10.2. The Morgan fingerprint density at radius 2 is 1.48 bits per heavy atom. The third-order valence-corrected chi connectivity index (χ3v) is 4.99. The zero-order chi connectivity index (χ0) is 21.8. The van der Waals surface area contributed by atoms with E-state index in [9.17, 15) is 5.11 Å². The molecule has 0 saturated carbocycles. The Hall–Kier alpha value is -3.82. The van der Waals surface area contributed by atoms with E-state index in [0.29, 0.717) is 17.1 Å². The number of phenolic OH excluding ortho intramolecular Hbond substituents is 1. The Kier molecular flexibility index (Phi) is 6.91. The largest absolute Gasteiger partial charge is 0.507 e. The summed E-state index contributed by atoms with van der Waals surface area (Å²) in [6.45, 7) is 0. The second-order valence-electron chi connectivity index (χ2n) is 7.09. The van der Waals surface area contributed by atoms with Crippen molar-refractivity contribution in [1.82, 2.24) is 15.0 Å². The summed E-state index contributed by atoms with van der Waals surface area (Å²) >= 11 is 0. The topological polar surface area (TPSA) is 62.1 Å². The molecule has 0 aliphatic rings. The van der Waals surface area contributed by atoms with Crippen molar-refractivity contribution in [3.63, 3.8) is 0 Å². The van der Waals surface area contributed by atoms with Gasteiger partial charge >= 0.3 is 0 Å². The number of rotatable bonds is 5. The van der Waals surface area contributed by atoms with Gasteiger partial charge in [0, 0.05) is 44.7 Å². The summed E-state index contributed by atoms with van der Waals surface area (Å²) in [5.74, 6) is 1.50. The molecule has 0 atom stereocenters. The predicted octanol–water partition coefficient (Wildman–Crippen LogP) is 6.18. The molecule has 0 fully saturated rings. The Labute approximate surface area is 206 Å². The van der Waals surface area contributed by atoms with Gasteiger partial charge in [-0.3, -0.25) is 9.97 Å². The van der Waals surface area contributed by atoms with Crippen LogP contribution >= 0.6 is 0 Å². The average molecular weight is 611 g/mol. The Bertz CT molecular complexity index is 1310. The van der Waals surface area contributed by atoms with E-state index in [4.69, 9.17) is 0 Å². The number of para-hydroxylation sites is 2. The number of benzene rings is 3. The van der Waals surface area contributed by atoms with Gasteiger partial charge in [0.05, 0.1) is 11.5 Å². The van der Waals surface area contributed by atoms with Crippen LogP contribution in [0.4, 0.5) is 17.2 Å². The molecule has 0 unspecified atom stereocenters. The Morgan fingerprint density at radius 3 is 2.27 bits per heavy atom. The number of anilines is 3. The minimum atomic E-state index is 0. The summed E-state index contributed by atoms with van der Waals surface area (Å²) < 4.78 is 0. The van der Waals surface area contributed by atoms with Gasteiger partial charge in [0.25, 0.3) is 0 Å². The van der Waals surface area contributed by atoms with E-state index in [0.717, 1.165) is 22.8 Å². The summed E-state index contributed by atoms with van der Waals surface area (Å²) in [5.41, 5.74) is 3.85.